The summed E-state index contributed by atoms with van der Waals surface area (Å²) in [7, 11) is 0. The number of nitrogens with zero attached hydrogens (tertiary/aromatic N) is 1. The molecule has 0 aromatic heterocycles. The molecule has 1 aromatic carbocycles. The molecular weight excluding hydrogens is 408 g/mol. The number of carbonyl (C=O) groups is 2. The molecule has 9 heteroatoms. The van der Waals surface area contributed by atoms with Crippen molar-refractivity contribution in [3.63, 3.8) is 0 Å². The van der Waals surface area contributed by atoms with Gasteiger partial charge in [-0.1, -0.05) is 19.1 Å². The topological polar surface area (TPSA) is 155 Å². The van der Waals surface area contributed by atoms with E-state index in [1.165, 1.54) is 0 Å². The molecule has 0 radical (unpaired) electrons. The van der Waals surface area contributed by atoms with Gasteiger partial charge in [0.15, 0.2) is 5.96 Å². The first-order chi connectivity index (χ1) is 15.3. The molecule has 3 atom stereocenters. The van der Waals surface area contributed by atoms with Crippen LogP contribution in [0, 0.1) is 0 Å². The highest BCUT2D eigenvalue weighted by Crippen LogP contribution is 2.39. The van der Waals surface area contributed by atoms with Crippen LogP contribution < -0.4 is 27.4 Å². The van der Waals surface area contributed by atoms with Crippen molar-refractivity contribution in [1.82, 2.24) is 10.6 Å². The maximum atomic E-state index is 12.7. The van der Waals surface area contributed by atoms with Crippen molar-refractivity contribution in [2.45, 2.75) is 82.0 Å². The van der Waals surface area contributed by atoms with Gasteiger partial charge in [0.1, 0.15) is 0 Å². The van der Waals surface area contributed by atoms with Crippen molar-refractivity contribution in [2.24, 2.45) is 16.5 Å². The molecule has 3 rings (SSSR count). The van der Waals surface area contributed by atoms with Gasteiger partial charge in [-0.15, -0.1) is 0 Å². The molecular formula is C23H36N6O3. The number of anilines is 1. The average Bonchev–Trinajstić information content (AvgIpc) is 3.32. The summed E-state index contributed by atoms with van der Waals surface area (Å²) in [6.45, 7) is 2.75. The summed E-state index contributed by atoms with van der Waals surface area (Å²) in [6, 6.07) is 7.86. The molecule has 3 unspecified atom stereocenters. The van der Waals surface area contributed by atoms with Crippen LogP contribution in [0.4, 0.5) is 5.69 Å². The third-order valence-corrected chi connectivity index (χ3v) is 6.32. The molecule has 1 saturated carbocycles. The van der Waals surface area contributed by atoms with Gasteiger partial charge in [0, 0.05) is 24.7 Å². The quantitative estimate of drug-likeness (QED) is 0.167. The highest BCUT2D eigenvalue weighted by molar-refractivity contribution is 5.91. The van der Waals surface area contributed by atoms with Crippen molar-refractivity contribution >= 4 is 23.5 Å². The lowest BCUT2D eigenvalue weighted by Crippen LogP contribution is -2.52. The fourth-order valence-corrected chi connectivity index (χ4v) is 4.14. The van der Waals surface area contributed by atoms with Crippen LogP contribution in [0.5, 0.6) is 0 Å². The Morgan fingerprint density at radius 3 is 2.56 bits per heavy atom. The third kappa shape index (κ3) is 6.93. The highest BCUT2D eigenvalue weighted by Gasteiger charge is 2.48. The largest absolute Gasteiger partial charge is 0.388 e. The normalized spacial score (nSPS) is 22.1. The summed E-state index contributed by atoms with van der Waals surface area (Å²) in [5.74, 6) is -0.556. The van der Waals surface area contributed by atoms with Crippen LogP contribution in [-0.2, 0) is 16.0 Å². The number of aliphatic hydroxyl groups is 1. The standard InChI is InChI=1S/C23H36N6O3/c1-2-16-9-10-18(27-16)21(31)28-19(23(32)11-12-23)14-15-5-7-17(8-6-15)26-13-3-4-20(30)29-22(24)25/h5-8,16,18-19,26-27,32H,2-4,9-14H2,1H3,(H,28,31)(H4,24,25,29,30). The summed E-state index contributed by atoms with van der Waals surface area (Å²) in [5.41, 5.74) is 11.6. The Hall–Kier alpha value is -2.65. The first-order valence-corrected chi connectivity index (χ1v) is 11.5. The molecule has 2 amide bonds. The number of benzene rings is 1. The van der Waals surface area contributed by atoms with Crippen LogP contribution in [0.3, 0.4) is 0 Å². The van der Waals surface area contributed by atoms with Gasteiger partial charge in [-0.3, -0.25) is 9.59 Å². The molecule has 9 nitrogen and oxygen atoms in total. The van der Waals surface area contributed by atoms with Crippen LogP contribution in [0.2, 0.25) is 0 Å². The summed E-state index contributed by atoms with van der Waals surface area (Å²) in [6.07, 6.45) is 5.78. The minimum atomic E-state index is -0.808. The van der Waals surface area contributed by atoms with Crippen molar-refractivity contribution in [3.8, 4) is 0 Å². The molecule has 1 saturated heterocycles. The van der Waals surface area contributed by atoms with Crippen LogP contribution in [0.15, 0.2) is 29.3 Å². The van der Waals surface area contributed by atoms with Gasteiger partial charge >= 0.3 is 0 Å². The Morgan fingerprint density at radius 2 is 1.97 bits per heavy atom. The van der Waals surface area contributed by atoms with Gasteiger partial charge in [0.25, 0.3) is 0 Å². The monoisotopic (exact) mass is 444 g/mol. The van der Waals surface area contributed by atoms with Crippen molar-refractivity contribution in [2.75, 3.05) is 11.9 Å². The van der Waals surface area contributed by atoms with Crippen LogP contribution in [0.25, 0.3) is 0 Å². The van der Waals surface area contributed by atoms with Gasteiger partial charge in [0.2, 0.25) is 11.8 Å². The zero-order chi connectivity index (χ0) is 23.1. The predicted molar refractivity (Wildman–Crippen MR) is 125 cm³/mol. The van der Waals surface area contributed by atoms with E-state index in [-0.39, 0.29) is 36.3 Å². The van der Waals surface area contributed by atoms with Crippen LogP contribution >= 0.6 is 0 Å². The van der Waals surface area contributed by atoms with Crippen LogP contribution in [0.1, 0.15) is 57.4 Å². The molecule has 2 fully saturated rings. The Balaban J connectivity index is 1.48. The maximum Gasteiger partial charge on any atom is 0.248 e. The molecule has 1 heterocycles. The van der Waals surface area contributed by atoms with E-state index < -0.39 is 5.60 Å². The molecule has 1 aliphatic heterocycles. The lowest BCUT2D eigenvalue weighted by atomic mass is 9.98. The number of carbonyl (C=O) groups excluding carboxylic acids is 2. The SMILES string of the molecule is CCC1CCC(C(=O)NC(Cc2ccc(NCCCC(=O)N=C(N)N)cc2)C2(O)CC2)N1. The van der Waals surface area contributed by atoms with Crippen molar-refractivity contribution < 1.29 is 14.7 Å². The number of amides is 2. The van der Waals surface area contributed by atoms with Gasteiger partial charge in [0.05, 0.1) is 17.7 Å². The van der Waals surface area contributed by atoms with E-state index in [4.69, 9.17) is 11.5 Å². The Morgan fingerprint density at radius 1 is 1.25 bits per heavy atom. The third-order valence-electron chi connectivity index (χ3n) is 6.32. The fourth-order valence-electron chi connectivity index (χ4n) is 4.14. The number of nitrogens with one attached hydrogen (secondary N) is 3. The zero-order valence-electron chi connectivity index (χ0n) is 18.8. The molecule has 32 heavy (non-hydrogen) atoms. The minimum Gasteiger partial charge on any atom is -0.388 e. The van der Waals surface area contributed by atoms with Crippen molar-refractivity contribution in [1.29, 1.82) is 0 Å². The van der Waals surface area contributed by atoms with E-state index in [1.54, 1.807) is 0 Å². The lowest BCUT2D eigenvalue weighted by Gasteiger charge is -2.26. The second-order valence-electron chi connectivity index (χ2n) is 8.93. The Bertz CT molecular complexity index is 818. The van der Waals surface area contributed by atoms with E-state index in [1.807, 2.05) is 24.3 Å². The average molecular weight is 445 g/mol. The summed E-state index contributed by atoms with van der Waals surface area (Å²) in [4.78, 5) is 27.7. The molecule has 0 bridgehead atoms. The molecule has 1 aromatic rings. The maximum absolute atomic E-state index is 12.7. The number of guanidine groups is 1. The summed E-state index contributed by atoms with van der Waals surface area (Å²) >= 11 is 0. The number of nitrogens with two attached hydrogens (primary N) is 2. The van der Waals surface area contributed by atoms with Gasteiger partial charge in [-0.05, 0) is 62.6 Å². The van der Waals surface area contributed by atoms with E-state index in [9.17, 15) is 14.7 Å². The summed E-state index contributed by atoms with van der Waals surface area (Å²) < 4.78 is 0. The van der Waals surface area contributed by atoms with E-state index in [0.717, 1.165) is 30.5 Å². The second kappa shape index (κ2) is 10.8. The van der Waals surface area contributed by atoms with Gasteiger partial charge in [-0.25, -0.2) is 0 Å². The number of aliphatic imine (C=N–C) groups is 1. The molecule has 1 aliphatic carbocycles. The molecule has 0 spiro atoms. The first-order valence-electron chi connectivity index (χ1n) is 11.5. The molecule has 8 N–H and O–H groups in total. The number of hydrogen-bond donors (Lipinski definition) is 6. The minimum absolute atomic E-state index is 0.0140. The first kappa shape index (κ1) is 24.0. The van der Waals surface area contributed by atoms with E-state index in [0.29, 0.717) is 38.3 Å². The Kier molecular flexibility index (Phi) is 8.09. The Labute approximate surface area is 189 Å². The second-order valence-corrected chi connectivity index (χ2v) is 8.93. The molecule has 176 valence electrons. The van der Waals surface area contributed by atoms with Gasteiger partial charge in [-0.2, -0.15) is 4.99 Å². The predicted octanol–water partition coefficient (Wildman–Crippen LogP) is 0.762. The van der Waals surface area contributed by atoms with Crippen LogP contribution in [-0.4, -0.2) is 53.2 Å². The van der Waals surface area contributed by atoms with E-state index >= 15 is 0 Å². The fraction of sp³-hybridized carbons (Fsp3) is 0.609. The smallest absolute Gasteiger partial charge is 0.248 e. The highest BCUT2D eigenvalue weighted by atomic mass is 16.3. The van der Waals surface area contributed by atoms with E-state index in [2.05, 4.69) is 27.9 Å². The zero-order valence-corrected chi connectivity index (χ0v) is 18.8. The number of rotatable bonds is 11. The summed E-state index contributed by atoms with van der Waals surface area (Å²) in [5, 5.41) is 20.5. The molecule has 2 aliphatic rings. The van der Waals surface area contributed by atoms with Crippen molar-refractivity contribution in [3.05, 3.63) is 29.8 Å². The lowest BCUT2D eigenvalue weighted by molar-refractivity contribution is -0.124. The van der Waals surface area contributed by atoms with Gasteiger partial charge < -0.3 is 32.5 Å². The number of hydrogen-bond acceptors (Lipinski definition) is 5.